The van der Waals surface area contributed by atoms with Crippen molar-refractivity contribution in [1.82, 2.24) is 9.73 Å². The molecule has 0 spiro atoms. The summed E-state index contributed by atoms with van der Waals surface area (Å²) in [7, 11) is 0.283. The number of hydrazone groups is 1. The van der Waals surface area contributed by atoms with Crippen molar-refractivity contribution in [3.8, 4) is 11.5 Å². The molecule has 2 rings (SSSR count). The SMILES string of the molecule is COc1ccc(S(=O)(=O)N(C)CC(=O)N/N=C\c2ccc(Br)cc2)cc1OC. The van der Waals surface area contributed by atoms with Gasteiger partial charge in [0.25, 0.3) is 5.91 Å². The molecule has 0 fully saturated rings. The lowest BCUT2D eigenvalue weighted by Crippen LogP contribution is -2.36. The lowest BCUT2D eigenvalue weighted by molar-refractivity contribution is -0.121. The van der Waals surface area contributed by atoms with Crippen LogP contribution >= 0.6 is 15.9 Å². The minimum atomic E-state index is -3.89. The summed E-state index contributed by atoms with van der Waals surface area (Å²) in [6.45, 7) is -0.394. The minimum Gasteiger partial charge on any atom is -0.493 e. The van der Waals surface area contributed by atoms with Gasteiger partial charge in [-0.05, 0) is 29.8 Å². The summed E-state index contributed by atoms with van der Waals surface area (Å²) in [6.07, 6.45) is 1.47. The summed E-state index contributed by atoms with van der Waals surface area (Å²) < 4.78 is 37.4. The summed E-state index contributed by atoms with van der Waals surface area (Å²) >= 11 is 3.33. The van der Waals surface area contributed by atoms with Gasteiger partial charge in [-0.15, -0.1) is 0 Å². The molecule has 10 heteroatoms. The Bertz CT molecular complexity index is 962. The quantitative estimate of drug-likeness (QED) is 0.472. The average molecular weight is 470 g/mol. The molecule has 0 aliphatic heterocycles. The number of likely N-dealkylation sites (N-methyl/N-ethyl adjacent to an activating group) is 1. The largest absolute Gasteiger partial charge is 0.493 e. The Hall–Kier alpha value is -2.43. The van der Waals surface area contributed by atoms with Crippen LogP contribution in [0.5, 0.6) is 11.5 Å². The monoisotopic (exact) mass is 469 g/mol. The molecule has 1 N–H and O–H groups in total. The zero-order chi connectivity index (χ0) is 20.7. The topological polar surface area (TPSA) is 97.3 Å². The predicted octanol–water partition coefficient (Wildman–Crippen LogP) is 2.24. The number of carbonyl (C=O) groups is 1. The number of nitrogens with zero attached hydrogens (tertiary/aromatic N) is 2. The van der Waals surface area contributed by atoms with E-state index in [1.807, 2.05) is 24.3 Å². The second-order valence-electron chi connectivity index (χ2n) is 5.62. The second kappa shape index (κ2) is 9.67. The molecule has 0 aliphatic carbocycles. The third kappa shape index (κ3) is 5.54. The summed E-state index contributed by atoms with van der Waals surface area (Å²) in [5, 5.41) is 3.83. The van der Waals surface area contributed by atoms with Gasteiger partial charge in [0.05, 0.1) is 31.9 Å². The maximum Gasteiger partial charge on any atom is 0.255 e. The summed E-state index contributed by atoms with van der Waals surface area (Å²) in [5.74, 6) is 0.115. The van der Waals surface area contributed by atoms with Crippen LogP contribution in [0.15, 0.2) is 56.9 Å². The molecule has 150 valence electrons. The number of amides is 1. The summed E-state index contributed by atoms with van der Waals surface area (Å²) in [6, 6.07) is 11.5. The zero-order valence-electron chi connectivity index (χ0n) is 15.5. The van der Waals surface area contributed by atoms with Gasteiger partial charge in [0, 0.05) is 17.6 Å². The van der Waals surface area contributed by atoms with E-state index in [1.54, 1.807) is 0 Å². The normalized spacial score (nSPS) is 11.6. The Morgan fingerprint density at radius 1 is 1.14 bits per heavy atom. The Balaban J connectivity index is 2.03. The number of hydrogen-bond acceptors (Lipinski definition) is 6. The van der Waals surface area contributed by atoms with E-state index in [0.717, 1.165) is 14.3 Å². The molecule has 2 aromatic carbocycles. The molecular weight excluding hydrogens is 450 g/mol. The van der Waals surface area contributed by atoms with Crippen molar-refractivity contribution < 1.29 is 22.7 Å². The van der Waals surface area contributed by atoms with E-state index in [-0.39, 0.29) is 10.6 Å². The number of ether oxygens (including phenoxy) is 2. The van der Waals surface area contributed by atoms with E-state index in [0.29, 0.717) is 5.75 Å². The lowest BCUT2D eigenvalue weighted by Gasteiger charge is -2.17. The highest BCUT2D eigenvalue weighted by molar-refractivity contribution is 9.10. The minimum absolute atomic E-state index is 0.0150. The van der Waals surface area contributed by atoms with Gasteiger partial charge in [-0.25, -0.2) is 13.8 Å². The lowest BCUT2D eigenvalue weighted by atomic mass is 10.2. The fraction of sp³-hybridized carbons (Fsp3) is 0.222. The van der Waals surface area contributed by atoms with Crippen molar-refractivity contribution in [2.75, 3.05) is 27.8 Å². The molecule has 2 aromatic rings. The first-order valence-corrected chi connectivity index (χ1v) is 10.3. The molecule has 28 heavy (non-hydrogen) atoms. The number of carbonyl (C=O) groups excluding carboxylic acids is 1. The number of halogens is 1. The molecular formula is C18H20BrN3O5S. The van der Waals surface area contributed by atoms with Crippen LogP contribution in [0.4, 0.5) is 0 Å². The summed E-state index contributed by atoms with van der Waals surface area (Å²) in [5.41, 5.74) is 3.10. The van der Waals surface area contributed by atoms with Crippen molar-refractivity contribution in [3.05, 3.63) is 52.5 Å². The average Bonchev–Trinajstić information content (AvgIpc) is 2.68. The number of nitrogens with one attached hydrogen (secondary N) is 1. The first kappa shape index (κ1) is 21.9. The van der Waals surface area contributed by atoms with Gasteiger partial charge in [-0.3, -0.25) is 4.79 Å². The highest BCUT2D eigenvalue weighted by Gasteiger charge is 2.24. The van der Waals surface area contributed by atoms with Crippen LogP contribution in [-0.2, 0) is 14.8 Å². The number of hydrogen-bond donors (Lipinski definition) is 1. The van der Waals surface area contributed by atoms with Gasteiger partial charge in [-0.1, -0.05) is 28.1 Å². The van der Waals surface area contributed by atoms with Gasteiger partial charge in [0.15, 0.2) is 11.5 Å². The van der Waals surface area contributed by atoms with Crippen LogP contribution in [0.1, 0.15) is 5.56 Å². The van der Waals surface area contributed by atoms with Crippen molar-refractivity contribution in [3.63, 3.8) is 0 Å². The second-order valence-corrected chi connectivity index (χ2v) is 8.58. The van der Waals surface area contributed by atoms with Crippen molar-refractivity contribution in [2.45, 2.75) is 4.90 Å². The predicted molar refractivity (Wildman–Crippen MR) is 109 cm³/mol. The van der Waals surface area contributed by atoms with Crippen molar-refractivity contribution >= 4 is 38.1 Å². The van der Waals surface area contributed by atoms with Crippen LogP contribution in [0.25, 0.3) is 0 Å². The molecule has 0 saturated carbocycles. The van der Waals surface area contributed by atoms with Gasteiger partial charge in [0.2, 0.25) is 10.0 Å². The van der Waals surface area contributed by atoms with Crippen LogP contribution in [-0.4, -0.2) is 52.7 Å². The van der Waals surface area contributed by atoms with Gasteiger partial charge in [-0.2, -0.15) is 9.41 Å². The van der Waals surface area contributed by atoms with E-state index in [1.165, 1.54) is 45.7 Å². The van der Waals surface area contributed by atoms with Gasteiger partial charge in [0.1, 0.15) is 0 Å². The number of rotatable bonds is 8. The maximum atomic E-state index is 12.7. The molecule has 0 radical (unpaired) electrons. The Morgan fingerprint density at radius 2 is 1.79 bits per heavy atom. The highest BCUT2D eigenvalue weighted by Crippen LogP contribution is 2.30. The van der Waals surface area contributed by atoms with E-state index in [2.05, 4.69) is 26.5 Å². The maximum absolute atomic E-state index is 12.7. The van der Waals surface area contributed by atoms with E-state index < -0.39 is 22.5 Å². The smallest absolute Gasteiger partial charge is 0.255 e. The third-order valence-electron chi connectivity index (χ3n) is 3.70. The Morgan fingerprint density at radius 3 is 2.39 bits per heavy atom. The van der Waals surface area contributed by atoms with Crippen LogP contribution in [0, 0.1) is 0 Å². The molecule has 0 unspecified atom stereocenters. The van der Waals surface area contributed by atoms with Gasteiger partial charge >= 0.3 is 0 Å². The van der Waals surface area contributed by atoms with Crippen LogP contribution in [0.3, 0.4) is 0 Å². The van der Waals surface area contributed by atoms with E-state index in [4.69, 9.17) is 9.47 Å². The molecule has 0 aliphatic rings. The number of methoxy groups -OCH3 is 2. The molecule has 0 atom stereocenters. The molecule has 0 heterocycles. The van der Waals surface area contributed by atoms with Crippen LogP contribution in [0.2, 0.25) is 0 Å². The zero-order valence-corrected chi connectivity index (χ0v) is 18.0. The fourth-order valence-corrected chi connectivity index (χ4v) is 3.61. The Kier molecular flexibility index (Phi) is 7.55. The summed E-state index contributed by atoms with van der Waals surface area (Å²) in [4.78, 5) is 12.0. The molecule has 0 aromatic heterocycles. The number of benzene rings is 2. The fourth-order valence-electron chi connectivity index (χ4n) is 2.21. The van der Waals surface area contributed by atoms with Crippen molar-refractivity contribution in [2.24, 2.45) is 5.10 Å². The third-order valence-corrected chi connectivity index (χ3v) is 6.03. The highest BCUT2D eigenvalue weighted by atomic mass is 79.9. The Labute approximate surface area is 172 Å². The van der Waals surface area contributed by atoms with E-state index >= 15 is 0 Å². The first-order valence-electron chi connectivity index (χ1n) is 8.03. The van der Waals surface area contributed by atoms with Crippen LogP contribution < -0.4 is 14.9 Å². The van der Waals surface area contributed by atoms with Gasteiger partial charge < -0.3 is 9.47 Å². The molecule has 1 amide bonds. The first-order chi connectivity index (χ1) is 13.3. The number of sulfonamides is 1. The van der Waals surface area contributed by atoms with E-state index in [9.17, 15) is 13.2 Å². The molecule has 8 nitrogen and oxygen atoms in total. The van der Waals surface area contributed by atoms with Crippen molar-refractivity contribution in [1.29, 1.82) is 0 Å². The standard InChI is InChI=1S/C18H20BrN3O5S/c1-22(12-18(23)21-20-11-13-4-6-14(19)7-5-13)28(24,25)15-8-9-16(26-2)17(10-15)27-3/h4-11H,12H2,1-3H3,(H,21,23)/b20-11-. The molecule has 0 saturated heterocycles. The molecule has 0 bridgehead atoms.